The second-order valence-corrected chi connectivity index (χ2v) is 1.28. The molecule has 0 atom stereocenters. The van der Waals surface area contributed by atoms with Crippen molar-refractivity contribution in [2.24, 2.45) is 0 Å². The largest absolute Gasteiger partial charge is 1.00 e. The van der Waals surface area contributed by atoms with E-state index in [-0.39, 0.29) is 59.1 Å². The van der Waals surface area contributed by atoms with E-state index in [4.69, 9.17) is 17.5 Å². The van der Waals surface area contributed by atoms with Crippen LogP contribution in [0.3, 0.4) is 0 Å². The quantitative estimate of drug-likeness (QED) is 0.211. The van der Waals surface area contributed by atoms with Crippen molar-refractivity contribution in [3.8, 4) is 0 Å². The van der Waals surface area contributed by atoms with Gasteiger partial charge in [0.15, 0.2) is 0 Å². The fraction of sp³-hybridized carbons (Fsp3) is 0. The van der Waals surface area contributed by atoms with Crippen LogP contribution in [0, 0.1) is 0 Å². The van der Waals surface area contributed by atoms with Crippen molar-refractivity contribution in [3.05, 3.63) is 0 Å². The molecule has 4 nitrogen and oxygen atoms in total. The molecule has 0 unspecified atom stereocenters. The van der Waals surface area contributed by atoms with Gasteiger partial charge in [0.2, 0.25) is 10.4 Å². The van der Waals surface area contributed by atoms with Crippen molar-refractivity contribution >= 4 is 40.0 Å². The SMILES string of the molecule is O=S(=O)([O-])O.[Na+].[Na]. The van der Waals surface area contributed by atoms with Crippen molar-refractivity contribution in [2.75, 3.05) is 0 Å². The fourth-order valence-electron chi connectivity index (χ4n) is 0. The third kappa shape index (κ3) is 77.5. The van der Waals surface area contributed by atoms with Crippen LogP contribution >= 0.6 is 0 Å². The molecule has 1 radical (unpaired) electrons. The predicted molar refractivity (Wildman–Crippen MR) is 18.1 cm³/mol. The van der Waals surface area contributed by atoms with Crippen LogP contribution < -0.4 is 29.6 Å². The second-order valence-electron chi connectivity index (χ2n) is 0.428. The van der Waals surface area contributed by atoms with Crippen LogP contribution in [-0.2, 0) is 10.4 Å². The summed E-state index contributed by atoms with van der Waals surface area (Å²) in [6.45, 7) is 0. The Bertz CT molecular complexity index is 92.9. The van der Waals surface area contributed by atoms with Gasteiger partial charge in [-0.2, -0.15) is 0 Å². The van der Waals surface area contributed by atoms with Crippen LogP contribution in [0.4, 0.5) is 0 Å². The van der Waals surface area contributed by atoms with Gasteiger partial charge in [0.1, 0.15) is 0 Å². The van der Waals surface area contributed by atoms with Crippen molar-refractivity contribution in [3.63, 3.8) is 0 Å². The Morgan fingerprint density at radius 1 is 1.43 bits per heavy atom. The van der Waals surface area contributed by atoms with Crippen molar-refractivity contribution in [1.82, 2.24) is 0 Å². The Labute approximate surface area is 85.8 Å². The number of hydrogen-bond donors (Lipinski definition) is 1. The van der Waals surface area contributed by atoms with E-state index in [1.54, 1.807) is 0 Å². The Balaban J connectivity index is -0.0000000800. The molecule has 0 aliphatic rings. The normalized spacial score (nSPS) is 8.29. The van der Waals surface area contributed by atoms with E-state index in [1.165, 1.54) is 0 Å². The van der Waals surface area contributed by atoms with E-state index in [1.807, 2.05) is 0 Å². The minimum atomic E-state index is -4.92. The maximum absolute atomic E-state index is 8.63. The summed E-state index contributed by atoms with van der Waals surface area (Å²) in [6, 6.07) is 0. The summed E-state index contributed by atoms with van der Waals surface area (Å²) >= 11 is 0. The standard InChI is InChI=1S/2Na.H2O4S/c;;1-5(2,3)4/h;;(H2,1,2,3,4)/q;+1;/p-1. The molecule has 7 heavy (non-hydrogen) atoms. The fourth-order valence-corrected chi connectivity index (χ4v) is 0. The molecule has 0 spiro atoms. The summed E-state index contributed by atoms with van der Waals surface area (Å²) < 4.78 is 32.8. The van der Waals surface area contributed by atoms with Gasteiger partial charge in [0.25, 0.3) is 0 Å². The van der Waals surface area contributed by atoms with Crippen molar-refractivity contribution in [2.45, 2.75) is 0 Å². The van der Waals surface area contributed by atoms with Gasteiger partial charge in [-0.15, -0.1) is 0 Å². The summed E-state index contributed by atoms with van der Waals surface area (Å²) in [4.78, 5) is 0. The molecule has 0 fully saturated rings. The number of hydrogen-bond acceptors (Lipinski definition) is 3. The molecule has 0 aromatic heterocycles. The average Bonchev–Trinajstić information content (AvgIpc) is 0.722. The molecule has 0 amide bonds. The topological polar surface area (TPSA) is 77.4 Å². The van der Waals surface area contributed by atoms with Crippen LogP contribution in [0.1, 0.15) is 0 Å². The van der Waals surface area contributed by atoms with E-state index < -0.39 is 10.4 Å². The molecule has 0 aliphatic heterocycles. The molecule has 0 aromatic rings. The van der Waals surface area contributed by atoms with Crippen LogP contribution in [0.25, 0.3) is 0 Å². The van der Waals surface area contributed by atoms with Gasteiger partial charge < -0.3 is 4.55 Å². The molecule has 0 aliphatic carbocycles. The molecule has 0 saturated carbocycles. The van der Waals surface area contributed by atoms with Gasteiger partial charge in [-0.3, -0.25) is 4.55 Å². The molecule has 0 aromatic carbocycles. The van der Waals surface area contributed by atoms with E-state index in [2.05, 4.69) is 0 Å². The maximum Gasteiger partial charge on any atom is 1.00 e. The maximum atomic E-state index is 8.63. The van der Waals surface area contributed by atoms with E-state index >= 15 is 0 Å². The Morgan fingerprint density at radius 3 is 1.43 bits per heavy atom. The van der Waals surface area contributed by atoms with Crippen LogP contribution in [-0.4, -0.2) is 47.1 Å². The molecule has 7 heteroatoms. The van der Waals surface area contributed by atoms with Gasteiger partial charge >= 0.3 is 29.6 Å². The molecule has 0 rings (SSSR count). The zero-order chi connectivity index (χ0) is 4.50. The van der Waals surface area contributed by atoms with Crippen LogP contribution in [0.2, 0.25) is 0 Å². The third-order valence-corrected chi connectivity index (χ3v) is 0. The first kappa shape index (κ1) is 15.9. The van der Waals surface area contributed by atoms with Crippen LogP contribution in [0.15, 0.2) is 0 Å². The van der Waals surface area contributed by atoms with Crippen molar-refractivity contribution in [1.29, 1.82) is 0 Å². The Morgan fingerprint density at radius 2 is 1.43 bits per heavy atom. The zero-order valence-electron chi connectivity index (χ0n) is 4.08. The zero-order valence-corrected chi connectivity index (χ0v) is 8.90. The third-order valence-electron chi connectivity index (χ3n) is 0. The minimum Gasteiger partial charge on any atom is -0.726 e. The summed E-state index contributed by atoms with van der Waals surface area (Å²) in [7, 11) is -4.92. The van der Waals surface area contributed by atoms with Gasteiger partial charge in [-0.25, -0.2) is 8.42 Å². The Kier molecular flexibility index (Phi) is 13.7. The molecule has 33 valence electrons. The summed E-state index contributed by atoms with van der Waals surface area (Å²) in [5.74, 6) is 0. The van der Waals surface area contributed by atoms with Gasteiger partial charge in [-0.1, -0.05) is 0 Å². The summed E-state index contributed by atoms with van der Waals surface area (Å²) in [5.41, 5.74) is 0. The summed E-state index contributed by atoms with van der Waals surface area (Å²) in [6.07, 6.45) is 0. The first-order valence-corrected chi connectivity index (χ1v) is 2.05. The van der Waals surface area contributed by atoms with E-state index in [0.29, 0.717) is 0 Å². The average molecular weight is 143 g/mol. The van der Waals surface area contributed by atoms with Gasteiger partial charge in [0.05, 0.1) is 0 Å². The van der Waals surface area contributed by atoms with Crippen molar-refractivity contribution < 1.29 is 47.1 Å². The molecule has 0 saturated heterocycles. The van der Waals surface area contributed by atoms with Crippen LogP contribution in [0.5, 0.6) is 0 Å². The molecule has 0 heterocycles. The smallest absolute Gasteiger partial charge is 0.726 e. The Hall–Kier alpha value is 1.87. The molecule has 1 N–H and O–H groups in total. The molecule has 0 bridgehead atoms. The molecular formula is HNa2O4S. The first-order chi connectivity index (χ1) is 2.00. The van der Waals surface area contributed by atoms with Gasteiger partial charge in [-0.05, 0) is 0 Å². The summed E-state index contributed by atoms with van der Waals surface area (Å²) in [5, 5.41) is 0. The van der Waals surface area contributed by atoms with E-state index in [9.17, 15) is 0 Å². The van der Waals surface area contributed by atoms with Gasteiger partial charge in [0, 0.05) is 29.6 Å². The first-order valence-electron chi connectivity index (χ1n) is 0.683. The predicted octanol–water partition coefficient (Wildman–Crippen LogP) is -4.37. The monoisotopic (exact) mass is 143 g/mol. The number of rotatable bonds is 0. The minimum absolute atomic E-state index is 0. The second kappa shape index (κ2) is 6.00. The van der Waals surface area contributed by atoms with E-state index in [0.717, 1.165) is 0 Å². The molecular weight excluding hydrogens is 142 g/mol.